The van der Waals surface area contributed by atoms with Crippen molar-refractivity contribution in [2.45, 2.75) is 52.0 Å². The maximum absolute atomic E-state index is 13.3. The number of aliphatic imine (C=N–C) groups is 1. The molecule has 3 aliphatic heterocycles. The van der Waals surface area contributed by atoms with Gasteiger partial charge in [0.2, 0.25) is 5.96 Å². The van der Waals surface area contributed by atoms with E-state index in [9.17, 15) is 9.59 Å². The number of likely N-dealkylation sites (N-methyl/N-ethyl adjacent to an activating group) is 1. The minimum absolute atomic E-state index is 0.194. The maximum Gasteiger partial charge on any atom is 0.328 e. The van der Waals surface area contributed by atoms with Crippen LogP contribution in [0.3, 0.4) is 0 Å². The Labute approximate surface area is 159 Å². The van der Waals surface area contributed by atoms with E-state index in [4.69, 9.17) is 4.99 Å². The van der Waals surface area contributed by atoms with Crippen LogP contribution in [0.2, 0.25) is 0 Å². The first-order valence-electron chi connectivity index (χ1n) is 9.40. The monoisotopic (exact) mass is 367 g/mol. The van der Waals surface area contributed by atoms with Gasteiger partial charge in [0.05, 0.1) is 6.54 Å². The van der Waals surface area contributed by atoms with Crippen LogP contribution in [-0.4, -0.2) is 62.8 Å². The van der Waals surface area contributed by atoms with Gasteiger partial charge in [-0.25, -0.2) is 9.79 Å². The molecule has 4 rings (SSSR count). The predicted octanol–water partition coefficient (Wildman–Crippen LogP) is 2.42. The summed E-state index contributed by atoms with van der Waals surface area (Å²) in [6.07, 6.45) is 2.47. The average Bonchev–Trinajstić information content (AvgIpc) is 3.18. The zero-order valence-corrected chi connectivity index (χ0v) is 16.2. The van der Waals surface area contributed by atoms with E-state index >= 15 is 0 Å². The quantitative estimate of drug-likeness (QED) is 0.820. The Balaban J connectivity index is 1.65. The summed E-state index contributed by atoms with van der Waals surface area (Å²) in [7, 11) is 1.72. The molecular weight excluding hydrogens is 342 g/mol. The van der Waals surface area contributed by atoms with E-state index < -0.39 is 12.2 Å². The Morgan fingerprint density at radius 3 is 2.56 bits per heavy atom. The number of imide groups is 1. The molecule has 1 saturated heterocycles. The molecule has 0 bridgehead atoms. The SMILES string of the molecule is CCC(C)N1C(C)=CN2C1=NC1C2C(=O)N(Cc2ccccc2)C(=O)N1C. The molecule has 1 aromatic carbocycles. The highest BCUT2D eigenvalue weighted by molar-refractivity contribution is 6.04. The summed E-state index contributed by atoms with van der Waals surface area (Å²) in [5.41, 5.74) is 2.00. The van der Waals surface area contributed by atoms with E-state index in [1.54, 1.807) is 11.9 Å². The Hall–Kier alpha value is -2.83. The first-order chi connectivity index (χ1) is 12.9. The summed E-state index contributed by atoms with van der Waals surface area (Å²) in [6.45, 7) is 6.58. The lowest BCUT2D eigenvalue weighted by Gasteiger charge is -2.40. The first-order valence-corrected chi connectivity index (χ1v) is 9.40. The molecule has 0 N–H and O–H groups in total. The lowest BCUT2D eigenvalue weighted by molar-refractivity contribution is -0.137. The van der Waals surface area contributed by atoms with Crippen LogP contribution < -0.4 is 0 Å². The minimum Gasteiger partial charge on any atom is -0.312 e. The van der Waals surface area contributed by atoms with Gasteiger partial charge in [0, 0.05) is 25.0 Å². The molecular formula is C20H25N5O2. The molecule has 3 heterocycles. The van der Waals surface area contributed by atoms with Gasteiger partial charge in [-0.2, -0.15) is 0 Å². The molecule has 0 saturated carbocycles. The molecule has 3 amide bonds. The van der Waals surface area contributed by atoms with Gasteiger partial charge in [0.1, 0.15) is 0 Å². The highest BCUT2D eigenvalue weighted by atomic mass is 16.2. The van der Waals surface area contributed by atoms with E-state index in [0.717, 1.165) is 23.6 Å². The highest BCUT2D eigenvalue weighted by Gasteiger charge is 2.54. The van der Waals surface area contributed by atoms with Crippen molar-refractivity contribution in [1.29, 1.82) is 0 Å². The van der Waals surface area contributed by atoms with Crippen LogP contribution in [0.1, 0.15) is 32.8 Å². The lowest BCUT2D eigenvalue weighted by Crippen LogP contribution is -2.63. The van der Waals surface area contributed by atoms with Gasteiger partial charge in [-0.05, 0) is 25.8 Å². The van der Waals surface area contributed by atoms with Gasteiger partial charge in [-0.1, -0.05) is 37.3 Å². The summed E-state index contributed by atoms with van der Waals surface area (Å²) in [5.74, 6) is 0.576. The number of guanidine groups is 1. The minimum atomic E-state index is -0.504. The van der Waals surface area contributed by atoms with Crippen LogP contribution in [0, 0.1) is 0 Å². The molecule has 7 heteroatoms. The van der Waals surface area contributed by atoms with Gasteiger partial charge in [-0.3, -0.25) is 9.69 Å². The van der Waals surface area contributed by atoms with Crippen molar-refractivity contribution >= 4 is 17.9 Å². The third-order valence-electron chi connectivity index (χ3n) is 5.65. The number of carbonyl (C=O) groups excluding carboxylic acids is 2. The van der Waals surface area contributed by atoms with E-state index in [1.807, 2.05) is 48.4 Å². The normalized spacial score (nSPS) is 25.5. The van der Waals surface area contributed by atoms with Crippen molar-refractivity contribution in [3.63, 3.8) is 0 Å². The molecule has 3 atom stereocenters. The van der Waals surface area contributed by atoms with Crippen LogP contribution in [0.25, 0.3) is 0 Å². The topological polar surface area (TPSA) is 59.5 Å². The van der Waals surface area contributed by atoms with Crippen LogP contribution in [-0.2, 0) is 11.3 Å². The summed E-state index contributed by atoms with van der Waals surface area (Å²) in [5, 5.41) is 0. The van der Waals surface area contributed by atoms with Crippen molar-refractivity contribution < 1.29 is 9.59 Å². The zero-order valence-electron chi connectivity index (χ0n) is 16.2. The molecule has 142 valence electrons. The van der Waals surface area contributed by atoms with Crippen molar-refractivity contribution in [1.82, 2.24) is 19.6 Å². The highest BCUT2D eigenvalue weighted by Crippen LogP contribution is 2.35. The molecule has 0 aliphatic carbocycles. The van der Waals surface area contributed by atoms with Crippen LogP contribution in [0.4, 0.5) is 4.79 Å². The number of hydrogen-bond donors (Lipinski definition) is 0. The van der Waals surface area contributed by atoms with Crippen molar-refractivity contribution in [2.24, 2.45) is 4.99 Å². The zero-order chi connectivity index (χ0) is 19.3. The molecule has 3 unspecified atom stereocenters. The number of rotatable bonds is 4. The average molecular weight is 367 g/mol. The second-order valence-corrected chi connectivity index (χ2v) is 7.40. The molecule has 7 nitrogen and oxygen atoms in total. The number of allylic oxidation sites excluding steroid dienone is 1. The first kappa shape index (κ1) is 17.6. The van der Waals surface area contributed by atoms with Gasteiger partial charge in [0.15, 0.2) is 12.2 Å². The van der Waals surface area contributed by atoms with Crippen molar-refractivity contribution in [2.75, 3.05) is 7.05 Å². The Morgan fingerprint density at radius 1 is 1.19 bits per heavy atom. The second-order valence-electron chi connectivity index (χ2n) is 7.40. The summed E-state index contributed by atoms with van der Waals surface area (Å²) in [6, 6.07) is 9.07. The number of hydrogen-bond acceptors (Lipinski definition) is 5. The number of nitrogens with zero attached hydrogens (tertiary/aromatic N) is 5. The van der Waals surface area contributed by atoms with E-state index in [2.05, 4.69) is 18.7 Å². The van der Waals surface area contributed by atoms with E-state index in [0.29, 0.717) is 0 Å². The van der Waals surface area contributed by atoms with Crippen LogP contribution >= 0.6 is 0 Å². The third-order valence-corrected chi connectivity index (χ3v) is 5.65. The van der Waals surface area contributed by atoms with Crippen LogP contribution in [0.15, 0.2) is 47.2 Å². The molecule has 0 aromatic heterocycles. The van der Waals surface area contributed by atoms with Gasteiger partial charge < -0.3 is 14.7 Å². The molecule has 1 fully saturated rings. The number of benzene rings is 1. The fourth-order valence-corrected chi connectivity index (χ4v) is 4.01. The standard InChI is InChI=1S/C20H25N5O2/c1-5-13(2)25-14(3)11-23-16-17(21-19(23)25)22(4)20(27)24(18(16)26)12-15-9-7-6-8-10-15/h6-11,13,16-17H,5,12H2,1-4H3. The number of amides is 3. The van der Waals surface area contributed by atoms with Gasteiger partial charge in [-0.15, -0.1) is 0 Å². The Kier molecular flexibility index (Phi) is 4.17. The Bertz CT molecular complexity index is 834. The fourth-order valence-electron chi connectivity index (χ4n) is 4.01. The number of urea groups is 1. The van der Waals surface area contributed by atoms with Gasteiger partial charge >= 0.3 is 6.03 Å². The summed E-state index contributed by atoms with van der Waals surface area (Å²) in [4.78, 5) is 37.9. The maximum atomic E-state index is 13.3. The smallest absolute Gasteiger partial charge is 0.312 e. The third kappa shape index (κ3) is 2.60. The van der Waals surface area contributed by atoms with E-state index in [-0.39, 0.29) is 24.5 Å². The molecule has 1 aromatic rings. The molecule has 0 radical (unpaired) electrons. The molecule has 27 heavy (non-hydrogen) atoms. The molecule has 0 spiro atoms. The number of fused-ring (bicyclic) bond motifs is 3. The predicted molar refractivity (Wildman–Crippen MR) is 102 cm³/mol. The lowest BCUT2D eigenvalue weighted by atomic mass is 10.1. The number of carbonyl (C=O) groups is 2. The van der Waals surface area contributed by atoms with Crippen molar-refractivity contribution in [3.8, 4) is 0 Å². The largest absolute Gasteiger partial charge is 0.328 e. The van der Waals surface area contributed by atoms with Gasteiger partial charge in [0.25, 0.3) is 5.91 Å². The van der Waals surface area contributed by atoms with E-state index in [1.165, 1.54) is 4.90 Å². The second kappa shape index (κ2) is 6.40. The van der Waals surface area contributed by atoms with Crippen molar-refractivity contribution in [3.05, 3.63) is 47.8 Å². The summed E-state index contributed by atoms with van der Waals surface area (Å²) >= 11 is 0. The summed E-state index contributed by atoms with van der Waals surface area (Å²) < 4.78 is 0. The molecule has 3 aliphatic rings. The van der Waals surface area contributed by atoms with Crippen LogP contribution in [0.5, 0.6) is 0 Å². The Morgan fingerprint density at radius 2 is 1.89 bits per heavy atom. The fraction of sp³-hybridized carbons (Fsp3) is 0.450.